The predicted molar refractivity (Wildman–Crippen MR) is 147 cm³/mol. The van der Waals surface area contributed by atoms with Gasteiger partial charge in [0.05, 0.1) is 13.0 Å². The average molecular weight is 517 g/mol. The molecule has 4 nitrogen and oxygen atoms in total. The van der Waals surface area contributed by atoms with Gasteiger partial charge in [0.15, 0.2) is 0 Å². The fourth-order valence-corrected chi connectivity index (χ4v) is 6.54. The number of carbonyl (C=O) groups is 1. The summed E-state index contributed by atoms with van der Waals surface area (Å²) in [6, 6.07) is 17.2. The first kappa shape index (κ1) is 26.3. The molecule has 38 heavy (non-hydrogen) atoms. The maximum absolute atomic E-state index is 15.1. The van der Waals surface area contributed by atoms with Gasteiger partial charge in [-0.05, 0) is 101 Å². The van der Waals surface area contributed by atoms with E-state index in [-0.39, 0.29) is 17.2 Å². The zero-order chi connectivity index (χ0) is 27.0. The number of halogens is 1. The van der Waals surface area contributed by atoms with Crippen LogP contribution in [0.5, 0.6) is 11.5 Å². The van der Waals surface area contributed by atoms with E-state index in [1.807, 2.05) is 24.3 Å². The molecule has 0 unspecified atom stereocenters. The van der Waals surface area contributed by atoms with E-state index in [1.165, 1.54) is 11.6 Å². The van der Waals surface area contributed by atoms with Crippen LogP contribution >= 0.6 is 0 Å². The van der Waals surface area contributed by atoms with Crippen LogP contribution in [0.1, 0.15) is 80.5 Å². The fraction of sp³-hybridized carbons (Fsp3) is 0.424. The number of rotatable bonds is 8. The zero-order valence-corrected chi connectivity index (χ0v) is 22.7. The molecule has 200 valence electrons. The molecule has 0 spiro atoms. The van der Waals surface area contributed by atoms with E-state index in [9.17, 15) is 9.90 Å². The molecule has 3 atom stereocenters. The molecule has 2 aliphatic carbocycles. The summed E-state index contributed by atoms with van der Waals surface area (Å²) < 4.78 is 26.7. The predicted octanol–water partition coefficient (Wildman–Crippen LogP) is 8.12. The Morgan fingerprint density at radius 2 is 1.82 bits per heavy atom. The van der Waals surface area contributed by atoms with E-state index in [4.69, 9.17) is 9.47 Å². The molecule has 1 N–H and O–H groups in total. The van der Waals surface area contributed by atoms with Crippen LogP contribution < -0.4 is 9.47 Å². The lowest BCUT2D eigenvalue weighted by Crippen LogP contribution is -2.17. The highest BCUT2D eigenvalue weighted by Crippen LogP contribution is 2.51. The van der Waals surface area contributed by atoms with Crippen molar-refractivity contribution in [3.8, 4) is 22.6 Å². The van der Waals surface area contributed by atoms with Gasteiger partial charge in [0.1, 0.15) is 23.9 Å². The third kappa shape index (κ3) is 5.03. The number of benzene rings is 3. The molecule has 0 radical (unpaired) electrons. The van der Waals surface area contributed by atoms with Crippen molar-refractivity contribution < 1.29 is 23.8 Å². The van der Waals surface area contributed by atoms with Crippen LogP contribution in [-0.4, -0.2) is 18.2 Å². The van der Waals surface area contributed by atoms with Gasteiger partial charge in [-0.3, -0.25) is 4.79 Å². The molecule has 5 rings (SSSR count). The van der Waals surface area contributed by atoms with Gasteiger partial charge in [-0.25, -0.2) is 4.39 Å². The smallest absolute Gasteiger partial charge is 0.306 e. The number of aliphatic carboxylic acids is 1. The Morgan fingerprint density at radius 3 is 2.53 bits per heavy atom. The molecule has 0 heterocycles. The summed E-state index contributed by atoms with van der Waals surface area (Å²) in [6.45, 7) is 6.78. The van der Waals surface area contributed by atoms with E-state index >= 15 is 4.39 Å². The summed E-state index contributed by atoms with van der Waals surface area (Å²) in [5.74, 6) is 0.282. The van der Waals surface area contributed by atoms with Crippen molar-refractivity contribution in [2.24, 2.45) is 11.3 Å². The summed E-state index contributed by atoms with van der Waals surface area (Å²) in [6.07, 6.45) is 5.13. The van der Waals surface area contributed by atoms with Gasteiger partial charge >= 0.3 is 5.97 Å². The zero-order valence-electron chi connectivity index (χ0n) is 22.7. The van der Waals surface area contributed by atoms with Crippen LogP contribution in [0.3, 0.4) is 0 Å². The molecule has 3 aromatic carbocycles. The first-order chi connectivity index (χ1) is 18.2. The fourth-order valence-electron chi connectivity index (χ4n) is 6.54. The van der Waals surface area contributed by atoms with E-state index in [2.05, 4.69) is 26.0 Å². The number of hydrogen-bond acceptors (Lipinski definition) is 3. The van der Waals surface area contributed by atoms with Crippen LogP contribution in [0.4, 0.5) is 4.39 Å². The lowest BCUT2D eigenvalue weighted by atomic mass is 9.75. The first-order valence-corrected chi connectivity index (χ1v) is 13.6. The van der Waals surface area contributed by atoms with Gasteiger partial charge < -0.3 is 14.6 Å². The number of aryl methyl sites for hydroxylation is 1. The highest BCUT2D eigenvalue weighted by molar-refractivity contribution is 5.72. The minimum absolute atomic E-state index is 0.0132. The molecule has 1 fully saturated rings. The molecule has 5 heteroatoms. The lowest BCUT2D eigenvalue weighted by molar-refractivity contribution is -0.141. The number of methoxy groups -OCH3 is 1. The van der Waals surface area contributed by atoms with Crippen LogP contribution in [0, 0.1) is 17.2 Å². The topological polar surface area (TPSA) is 55.8 Å². The maximum Gasteiger partial charge on any atom is 0.306 e. The Kier molecular flexibility index (Phi) is 7.21. The second kappa shape index (κ2) is 10.4. The Morgan fingerprint density at radius 1 is 1.03 bits per heavy atom. The maximum atomic E-state index is 15.1. The van der Waals surface area contributed by atoms with Crippen molar-refractivity contribution in [3.63, 3.8) is 0 Å². The molecular formula is C33H37FO4. The Hall–Kier alpha value is -3.34. The third-order valence-electron chi connectivity index (χ3n) is 8.85. The first-order valence-electron chi connectivity index (χ1n) is 13.6. The van der Waals surface area contributed by atoms with Gasteiger partial charge in [-0.1, -0.05) is 51.5 Å². The molecule has 3 aromatic rings. The molecule has 0 saturated heterocycles. The molecule has 0 aliphatic heterocycles. The lowest BCUT2D eigenvalue weighted by Gasteiger charge is -2.30. The number of carboxylic acid groups (broad SMARTS) is 1. The number of fused-ring (bicyclic) bond motifs is 1. The van der Waals surface area contributed by atoms with E-state index in [1.54, 1.807) is 26.2 Å². The van der Waals surface area contributed by atoms with Crippen LogP contribution in [-0.2, 0) is 17.8 Å². The monoisotopic (exact) mass is 516 g/mol. The molecule has 0 bridgehead atoms. The minimum atomic E-state index is -0.760. The summed E-state index contributed by atoms with van der Waals surface area (Å²) in [5.41, 5.74) is 6.09. The molecular weight excluding hydrogens is 479 g/mol. The van der Waals surface area contributed by atoms with E-state index in [0.29, 0.717) is 23.8 Å². The standard InChI is InChI=1S/C33H37FO4/c1-20(32(35)36)25-13-9-22-8-10-24(18-27(22)25)38-19-21-7-12-26(29-17-23(37-4)11-14-31(29)34)28(16-21)30-6-5-15-33(30,2)3/h7-8,10-12,14,16-18,20,25,30H,5-6,9,13,15,19H2,1-4H3,(H,35,36)/t20-,25+,30-/m0/s1. The quantitative estimate of drug-likeness (QED) is 0.328. The van der Waals surface area contributed by atoms with Crippen LogP contribution in [0.25, 0.3) is 11.1 Å². The van der Waals surface area contributed by atoms with Crippen molar-refractivity contribution in [1.29, 1.82) is 0 Å². The molecule has 1 saturated carbocycles. The molecule has 0 amide bonds. The highest BCUT2D eigenvalue weighted by Gasteiger charge is 2.37. The second-order valence-electron chi connectivity index (χ2n) is 11.6. The largest absolute Gasteiger partial charge is 0.497 e. The summed E-state index contributed by atoms with van der Waals surface area (Å²) in [5, 5.41) is 9.53. The second-order valence-corrected chi connectivity index (χ2v) is 11.6. The van der Waals surface area contributed by atoms with Gasteiger partial charge in [-0.15, -0.1) is 0 Å². The van der Waals surface area contributed by atoms with Crippen molar-refractivity contribution in [1.82, 2.24) is 0 Å². The third-order valence-corrected chi connectivity index (χ3v) is 8.85. The van der Waals surface area contributed by atoms with E-state index < -0.39 is 11.9 Å². The Labute approximate surface area is 224 Å². The van der Waals surface area contributed by atoms with Crippen molar-refractivity contribution in [2.45, 2.75) is 71.3 Å². The summed E-state index contributed by atoms with van der Waals surface area (Å²) >= 11 is 0. The summed E-state index contributed by atoms with van der Waals surface area (Å²) in [4.78, 5) is 11.6. The Balaban J connectivity index is 1.45. The highest BCUT2D eigenvalue weighted by atomic mass is 19.1. The summed E-state index contributed by atoms with van der Waals surface area (Å²) in [7, 11) is 1.60. The van der Waals surface area contributed by atoms with Crippen molar-refractivity contribution in [2.75, 3.05) is 7.11 Å². The van der Waals surface area contributed by atoms with Crippen LogP contribution in [0.15, 0.2) is 54.6 Å². The van der Waals surface area contributed by atoms with Crippen LogP contribution in [0.2, 0.25) is 0 Å². The van der Waals surface area contributed by atoms with Gasteiger partial charge in [0, 0.05) is 5.56 Å². The minimum Gasteiger partial charge on any atom is -0.497 e. The van der Waals surface area contributed by atoms with Gasteiger partial charge in [0.2, 0.25) is 0 Å². The number of hydrogen-bond donors (Lipinski definition) is 1. The van der Waals surface area contributed by atoms with E-state index in [0.717, 1.165) is 60.1 Å². The molecule has 2 aliphatic rings. The number of ether oxygens (including phenoxy) is 2. The van der Waals surface area contributed by atoms with Crippen molar-refractivity contribution >= 4 is 5.97 Å². The molecule has 0 aromatic heterocycles. The normalized spacial score (nSPS) is 20.7. The Bertz CT molecular complexity index is 1340. The number of carboxylic acids is 1. The average Bonchev–Trinajstić information content (AvgIpc) is 3.49. The van der Waals surface area contributed by atoms with Gasteiger partial charge in [-0.2, -0.15) is 0 Å². The van der Waals surface area contributed by atoms with Crippen molar-refractivity contribution in [3.05, 3.63) is 82.7 Å². The SMILES string of the molecule is COc1ccc(F)c(-c2ccc(COc3ccc4c(c3)[C@@H]([C@H](C)C(=O)O)CC4)cc2[C@@H]2CCCC2(C)C)c1. The van der Waals surface area contributed by atoms with Gasteiger partial charge in [0.25, 0.3) is 0 Å².